The average molecular weight is 403 g/mol. The van der Waals surface area contributed by atoms with Crippen LogP contribution in [0.1, 0.15) is 98.3 Å². The minimum absolute atomic E-state index is 0.0926. The van der Waals surface area contributed by atoms with Gasteiger partial charge >= 0.3 is 0 Å². The fraction of sp³-hybridized carbons (Fsp3) is 0.926. The molecule has 3 saturated carbocycles. The second-order valence-electron chi connectivity index (χ2n) is 12.1. The topological polar surface area (TPSA) is 40.5 Å². The molecule has 3 fully saturated rings. The summed E-state index contributed by atoms with van der Waals surface area (Å²) in [7, 11) is 0. The van der Waals surface area contributed by atoms with Crippen molar-refractivity contribution in [3.63, 3.8) is 0 Å². The summed E-state index contributed by atoms with van der Waals surface area (Å²) in [5.41, 5.74) is 2.51. The molecule has 2 nitrogen and oxygen atoms in total. The molecule has 0 saturated heterocycles. The van der Waals surface area contributed by atoms with Gasteiger partial charge in [0, 0.05) is 6.61 Å². The monoisotopic (exact) mass is 402 g/mol. The van der Waals surface area contributed by atoms with Crippen molar-refractivity contribution in [2.45, 2.75) is 104 Å². The van der Waals surface area contributed by atoms with E-state index in [1.165, 1.54) is 57.8 Å². The van der Waals surface area contributed by atoms with Crippen molar-refractivity contribution >= 4 is 0 Å². The summed E-state index contributed by atoms with van der Waals surface area (Å²) in [6.45, 7) is 10.2. The van der Waals surface area contributed by atoms with Gasteiger partial charge in [0.15, 0.2) is 0 Å². The highest BCUT2D eigenvalue weighted by Gasteiger charge is 2.59. The molecule has 4 aliphatic carbocycles. The Bertz CT molecular complexity index is 612. The summed E-state index contributed by atoms with van der Waals surface area (Å²) >= 11 is 0. The Kier molecular flexibility index (Phi) is 6.26. The minimum Gasteiger partial charge on any atom is -0.396 e. The van der Waals surface area contributed by atoms with Gasteiger partial charge in [0.1, 0.15) is 0 Å². The van der Waals surface area contributed by atoms with Gasteiger partial charge in [-0.25, -0.2) is 0 Å². The number of rotatable bonds is 6. The maximum atomic E-state index is 10.2. The smallest absolute Gasteiger partial charge is 0.0577 e. The molecule has 29 heavy (non-hydrogen) atoms. The van der Waals surface area contributed by atoms with Gasteiger partial charge < -0.3 is 10.2 Å². The highest BCUT2D eigenvalue weighted by molar-refractivity contribution is 5.25. The molecule has 3 unspecified atom stereocenters. The number of allylic oxidation sites excluding steroid dienone is 1. The summed E-state index contributed by atoms with van der Waals surface area (Å²) in [5.74, 6) is 4.82. The van der Waals surface area contributed by atoms with Gasteiger partial charge in [0.05, 0.1) is 6.10 Å². The predicted molar refractivity (Wildman–Crippen MR) is 120 cm³/mol. The molecule has 0 aromatic rings. The number of fused-ring (bicyclic) bond motifs is 5. The Balaban J connectivity index is 1.46. The largest absolute Gasteiger partial charge is 0.396 e. The van der Waals surface area contributed by atoms with Crippen LogP contribution in [0.5, 0.6) is 0 Å². The van der Waals surface area contributed by atoms with Crippen LogP contribution in [-0.4, -0.2) is 22.9 Å². The minimum atomic E-state index is -0.0926. The third-order valence-corrected chi connectivity index (χ3v) is 10.5. The number of hydrogen-bond acceptors (Lipinski definition) is 2. The second-order valence-corrected chi connectivity index (χ2v) is 12.1. The zero-order chi connectivity index (χ0) is 20.8. The summed E-state index contributed by atoms with van der Waals surface area (Å²) in [6, 6.07) is 0. The Hall–Kier alpha value is -0.340. The number of aliphatic hydroxyl groups is 2. The molecule has 0 amide bonds. The van der Waals surface area contributed by atoms with Gasteiger partial charge in [-0.1, -0.05) is 52.2 Å². The zero-order valence-corrected chi connectivity index (χ0v) is 19.5. The summed E-state index contributed by atoms with van der Waals surface area (Å²) in [6.07, 6.45) is 16.4. The van der Waals surface area contributed by atoms with Gasteiger partial charge in [-0.3, -0.25) is 0 Å². The van der Waals surface area contributed by atoms with Crippen LogP contribution >= 0.6 is 0 Å². The molecule has 4 rings (SSSR count). The first-order valence-corrected chi connectivity index (χ1v) is 12.8. The van der Waals surface area contributed by atoms with Crippen LogP contribution in [0, 0.1) is 46.3 Å². The second kappa shape index (κ2) is 8.30. The Morgan fingerprint density at radius 1 is 1.03 bits per heavy atom. The highest BCUT2D eigenvalue weighted by atomic mass is 16.3. The van der Waals surface area contributed by atoms with Crippen molar-refractivity contribution in [3.05, 3.63) is 11.6 Å². The first-order chi connectivity index (χ1) is 13.8. The molecule has 2 N–H and O–H groups in total. The van der Waals surface area contributed by atoms with Crippen LogP contribution in [0.4, 0.5) is 0 Å². The lowest BCUT2D eigenvalue weighted by molar-refractivity contribution is -0.0573. The van der Waals surface area contributed by atoms with Gasteiger partial charge in [-0.2, -0.15) is 0 Å². The molecule has 0 bridgehead atoms. The summed E-state index contributed by atoms with van der Waals surface area (Å²) < 4.78 is 0. The van der Waals surface area contributed by atoms with Gasteiger partial charge in [0.2, 0.25) is 0 Å². The van der Waals surface area contributed by atoms with Crippen LogP contribution in [0.25, 0.3) is 0 Å². The van der Waals surface area contributed by atoms with Gasteiger partial charge in [-0.05, 0) is 104 Å². The van der Waals surface area contributed by atoms with Crippen LogP contribution in [0.3, 0.4) is 0 Å². The zero-order valence-electron chi connectivity index (χ0n) is 19.5. The van der Waals surface area contributed by atoms with Crippen molar-refractivity contribution in [1.29, 1.82) is 0 Å². The van der Waals surface area contributed by atoms with E-state index in [-0.39, 0.29) is 6.10 Å². The lowest BCUT2D eigenvalue weighted by atomic mass is 9.47. The predicted octanol–water partition coefficient (Wildman–Crippen LogP) is 6.36. The van der Waals surface area contributed by atoms with Crippen molar-refractivity contribution in [2.75, 3.05) is 6.61 Å². The van der Waals surface area contributed by atoms with E-state index in [9.17, 15) is 10.2 Å². The molecular weight excluding hydrogens is 356 g/mol. The number of aliphatic hydroxyl groups excluding tert-OH is 2. The standard InChI is InChI=1S/C27H46O2/c1-18(17-28)6-5-7-19(2)23-10-11-24-22-9-8-20-16-21(29)12-14-26(20,3)25(22)13-15-27(23,24)4/h8,18-19,21-25,28-29H,5-7,9-17H2,1-4H3/t18-,19-,21+,22+,23?,24?,25?,26+,27-/m1/s1. The molecule has 0 spiro atoms. The normalized spacial score (nSPS) is 46.3. The highest BCUT2D eigenvalue weighted by Crippen LogP contribution is 2.67. The fourth-order valence-electron chi connectivity index (χ4n) is 8.70. The molecule has 166 valence electrons. The lowest BCUT2D eigenvalue weighted by Gasteiger charge is -2.58. The van der Waals surface area contributed by atoms with Crippen molar-refractivity contribution < 1.29 is 10.2 Å². The molecular formula is C27H46O2. The first kappa shape index (κ1) is 21.9. The van der Waals surface area contributed by atoms with Crippen molar-refractivity contribution in [1.82, 2.24) is 0 Å². The first-order valence-electron chi connectivity index (χ1n) is 12.8. The maximum Gasteiger partial charge on any atom is 0.0577 e. The number of hydrogen-bond donors (Lipinski definition) is 2. The molecule has 0 aromatic carbocycles. The molecule has 0 aromatic heterocycles. The van der Waals surface area contributed by atoms with Crippen LogP contribution < -0.4 is 0 Å². The Morgan fingerprint density at radius 3 is 2.59 bits per heavy atom. The molecule has 0 radical (unpaired) electrons. The molecule has 9 atom stereocenters. The van der Waals surface area contributed by atoms with E-state index in [1.807, 2.05) is 0 Å². The van der Waals surface area contributed by atoms with E-state index in [0.717, 1.165) is 42.4 Å². The quantitative estimate of drug-likeness (QED) is 0.507. The average Bonchev–Trinajstić information content (AvgIpc) is 3.05. The van der Waals surface area contributed by atoms with E-state index in [2.05, 4.69) is 33.8 Å². The van der Waals surface area contributed by atoms with Gasteiger partial charge in [0.25, 0.3) is 0 Å². The molecule has 0 heterocycles. The third-order valence-electron chi connectivity index (χ3n) is 10.5. The maximum absolute atomic E-state index is 10.2. The Morgan fingerprint density at radius 2 is 1.83 bits per heavy atom. The fourth-order valence-corrected chi connectivity index (χ4v) is 8.70. The lowest BCUT2D eigenvalue weighted by Crippen LogP contribution is -2.50. The van der Waals surface area contributed by atoms with E-state index < -0.39 is 0 Å². The Labute approximate surface area is 179 Å². The summed E-state index contributed by atoms with van der Waals surface area (Å²) in [4.78, 5) is 0. The van der Waals surface area contributed by atoms with E-state index in [0.29, 0.717) is 23.4 Å². The summed E-state index contributed by atoms with van der Waals surface area (Å²) in [5, 5.41) is 19.5. The van der Waals surface area contributed by atoms with E-state index in [4.69, 9.17) is 0 Å². The van der Waals surface area contributed by atoms with E-state index in [1.54, 1.807) is 5.57 Å². The SMILES string of the molecule is C[C@@H](CO)CCC[C@@H](C)C1CCC2[C@@H]3CC=C4C[C@@H](O)CC[C@]4(C)C3CC[C@@]21C. The third kappa shape index (κ3) is 3.75. The van der Waals surface area contributed by atoms with Crippen molar-refractivity contribution in [3.8, 4) is 0 Å². The van der Waals surface area contributed by atoms with Crippen LogP contribution in [0.15, 0.2) is 11.6 Å². The van der Waals surface area contributed by atoms with Crippen LogP contribution in [0.2, 0.25) is 0 Å². The van der Waals surface area contributed by atoms with Gasteiger partial charge in [-0.15, -0.1) is 0 Å². The van der Waals surface area contributed by atoms with E-state index >= 15 is 0 Å². The van der Waals surface area contributed by atoms with Crippen molar-refractivity contribution in [2.24, 2.45) is 46.3 Å². The molecule has 4 aliphatic rings. The van der Waals surface area contributed by atoms with Crippen LogP contribution in [-0.2, 0) is 0 Å². The molecule has 2 heteroatoms. The molecule has 0 aliphatic heterocycles.